The van der Waals surface area contributed by atoms with Crippen molar-refractivity contribution in [3.05, 3.63) is 0 Å². The summed E-state index contributed by atoms with van der Waals surface area (Å²) in [4.78, 5) is 37.1. The fourth-order valence-electron chi connectivity index (χ4n) is 7.56. The molecule has 0 bridgehead atoms. The van der Waals surface area contributed by atoms with Crippen LogP contribution in [0, 0.1) is 17.8 Å². The van der Waals surface area contributed by atoms with Gasteiger partial charge in [0.2, 0.25) is 5.91 Å². The van der Waals surface area contributed by atoms with Crippen molar-refractivity contribution >= 4 is 17.8 Å². The highest BCUT2D eigenvalue weighted by Crippen LogP contribution is 2.40. The zero-order chi connectivity index (χ0) is 35.3. The zero-order valence-electron chi connectivity index (χ0n) is 27.7. The predicted molar refractivity (Wildman–Crippen MR) is 163 cm³/mol. The molecule has 2 heterocycles. The zero-order valence-corrected chi connectivity index (χ0v) is 27.7. The molecule has 48 heavy (non-hydrogen) atoms. The average Bonchev–Trinajstić information content (AvgIpc) is 3.05. The number of carboxylic acids is 2. The van der Waals surface area contributed by atoms with Gasteiger partial charge in [0, 0.05) is 6.92 Å². The molecule has 16 nitrogen and oxygen atoms in total. The van der Waals surface area contributed by atoms with Crippen LogP contribution in [-0.2, 0) is 38.1 Å². The van der Waals surface area contributed by atoms with Gasteiger partial charge in [-0.3, -0.25) is 9.59 Å². The van der Waals surface area contributed by atoms with Crippen LogP contribution in [0.4, 0.5) is 0 Å². The number of hydrogen-bond donors (Lipinski definition) is 8. The molecule has 4 aliphatic rings. The molecule has 0 spiro atoms. The Morgan fingerprint density at radius 1 is 0.875 bits per heavy atom. The molecular formula is C32H53NO15. The van der Waals surface area contributed by atoms with Crippen molar-refractivity contribution in [3.63, 3.8) is 0 Å². The molecule has 0 radical (unpaired) electrons. The Hall–Kier alpha value is -1.99. The Kier molecular flexibility index (Phi) is 14.0. The van der Waals surface area contributed by atoms with Gasteiger partial charge in [-0.2, -0.15) is 0 Å². The van der Waals surface area contributed by atoms with Gasteiger partial charge in [-0.05, 0) is 38.0 Å². The lowest BCUT2D eigenvalue weighted by Crippen LogP contribution is -2.67. The minimum atomic E-state index is -1.64. The van der Waals surface area contributed by atoms with E-state index in [1.54, 1.807) is 0 Å². The van der Waals surface area contributed by atoms with Crippen molar-refractivity contribution in [3.8, 4) is 0 Å². The van der Waals surface area contributed by atoms with Gasteiger partial charge < -0.3 is 64.7 Å². The first kappa shape index (κ1) is 38.8. The summed E-state index contributed by atoms with van der Waals surface area (Å²) in [5, 5.41) is 75.4. The molecule has 2 aliphatic heterocycles. The molecule has 2 saturated heterocycles. The van der Waals surface area contributed by atoms with E-state index in [-0.39, 0.29) is 25.2 Å². The Balaban J connectivity index is 1.64. The van der Waals surface area contributed by atoms with Crippen molar-refractivity contribution in [2.75, 3.05) is 6.61 Å². The van der Waals surface area contributed by atoms with E-state index in [1.165, 1.54) is 13.8 Å². The second kappa shape index (κ2) is 17.3. The van der Waals surface area contributed by atoms with Crippen molar-refractivity contribution in [2.45, 2.75) is 158 Å². The van der Waals surface area contributed by atoms with Crippen molar-refractivity contribution < 1.29 is 73.8 Å². The molecule has 0 aromatic rings. The molecule has 6 unspecified atom stereocenters. The van der Waals surface area contributed by atoms with Gasteiger partial charge in [0.25, 0.3) is 0 Å². The summed E-state index contributed by atoms with van der Waals surface area (Å²) in [7, 11) is 0. The van der Waals surface area contributed by atoms with E-state index in [0.717, 1.165) is 32.1 Å². The Morgan fingerprint density at radius 3 is 2.15 bits per heavy atom. The first-order valence-electron chi connectivity index (χ1n) is 17.1. The topological polar surface area (TPSA) is 251 Å². The van der Waals surface area contributed by atoms with E-state index in [2.05, 4.69) is 5.32 Å². The highest BCUT2D eigenvalue weighted by molar-refractivity contribution is 5.74. The minimum Gasteiger partial charge on any atom is -0.481 e. The van der Waals surface area contributed by atoms with Crippen molar-refractivity contribution in [1.29, 1.82) is 0 Å². The Morgan fingerprint density at radius 2 is 1.56 bits per heavy atom. The van der Waals surface area contributed by atoms with Gasteiger partial charge in [0.05, 0.1) is 30.8 Å². The number of carbonyl (C=O) groups is 3. The van der Waals surface area contributed by atoms with E-state index >= 15 is 0 Å². The summed E-state index contributed by atoms with van der Waals surface area (Å²) < 4.78 is 30.3. The van der Waals surface area contributed by atoms with Gasteiger partial charge in [-0.1, -0.05) is 45.4 Å². The number of aliphatic hydroxyl groups is 5. The third-order valence-electron chi connectivity index (χ3n) is 10.3. The van der Waals surface area contributed by atoms with Crippen LogP contribution in [0.5, 0.6) is 0 Å². The summed E-state index contributed by atoms with van der Waals surface area (Å²) in [6, 6.07) is -1.30. The van der Waals surface area contributed by atoms with Crippen molar-refractivity contribution in [2.24, 2.45) is 17.8 Å². The number of aliphatic carboxylic acids is 2. The largest absolute Gasteiger partial charge is 0.481 e. The minimum absolute atomic E-state index is 0.0931. The van der Waals surface area contributed by atoms with Gasteiger partial charge >= 0.3 is 11.9 Å². The van der Waals surface area contributed by atoms with Crippen LogP contribution in [0.3, 0.4) is 0 Å². The fourth-order valence-corrected chi connectivity index (χ4v) is 7.56. The van der Waals surface area contributed by atoms with Crippen LogP contribution in [0.25, 0.3) is 0 Å². The lowest BCUT2D eigenvalue weighted by Gasteiger charge is -2.49. The molecule has 1 amide bonds. The monoisotopic (exact) mass is 691 g/mol. The summed E-state index contributed by atoms with van der Waals surface area (Å²) in [6.07, 6.45) is -10.7. The maximum absolute atomic E-state index is 12.5. The van der Waals surface area contributed by atoms with Gasteiger partial charge in [-0.25, -0.2) is 4.79 Å². The lowest BCUT2D eigenvalue weighted by atomic mass is 9.76. The smallest absolute Gasteiger partial charge is 0.332 e. The quantitative estimate of drug-likeness (QED) is 0.121. The van der Waals surface area contributed by atoms with Crippen LogP contribution < -0.4 is 5.32 Å². The molecule has 0 aromatic carbocycles. The van der Waals surface area contributed by atoms with E-state index in [9.17, 15) is 50.1 Å². The molecule has 2 aliphatic carbocycles. The highest BCUT2D eigenvalue weighted by atomic mass is 16.7. The number of carboxylic acid groups (broad SMARTS) is 2. The average molecular weight is 692 g/mol. The molecule has 4 fully saturated rings. The van der Waals surface area contributed by atoms with Crippen LogP contribution in [0.2, 0.25) is 0 Å². The molecule has 16 heteroatoms. The SMILES string of the molecule is CC[C@@H]1CC(C(=O)O)C[C@@H](O[C@@H]2O[C@@H](CO)[C@H](O)C(O[C@@H](CC3CCCCC3)C(=O)O)C2NC(C)=O)C1OC1O[C@@H](C)C(O)[C@H](O)[C@@H]1O. The summed E-state index contributed by atoms with van der Waals surface area (Å²) in [5.74, 6) is -4.16. The molecule has 2 saturated carbocycles. The van der Waals surface area contributed by atoms with Crippen LogP contribution in [0.1, 0.15) is 78.6 Å². The number of amides is 1. The molecule has 15 atom stereocenters. The third-order valence-corrected chi connectivity index (χ3v) is 10.3. The number of aliphatic hydroxyl groups excluding tert-OH is 5. The molecular weight excluding hydrogens is 638 g/mol. The second-order valence-electron chi connectivity index (χ2n) is 13.7. The molecule has 8 N–H and O–H groups in total. The molecule has 4 rings (SSSR count). The van der Waals surface area contributed by atoms with Crippen molar-refractivity contribution in [1.82, 2.24) is 5.32 Å². The third kappa shape index (κ3) is 9.21. The van der Waals surface area contributed by atoms with E-state index in [1.807, 2.05) is 6.92 Å². The molecule has 276 valence electrons. The highest BCUT2D eigenvalue weighted by Gasteiger charge is 2.52. The van der Waals surface area contributed by atoms with Gasteiger partial charge in [-0.15, -0.1) is 0 Å². The summed E-state index contributed by atoms with van der Waals surface area (Å²) in [5.41, 5.74) is 0. The Labute approximate surface area is 279 Å². The van der Waals surface area contributed by atoms with E-state index in [4.69, 9.17) is 23.7 Å². The number of ether oxygens (including phenoxy) is 5. The lowest BCUT2D eigenvalue weighted by molar-refractivity contribution is -0.338. The van der Waals surface area contributed by atoms with Crippen LogP contribution in [-0.4, -0.2) is 140 Å². The Bertz CT molecular complexity index is 1070. The van der Waals surface area contributed by atoms with E-state index in [0.29, 0.717) is 6.42 Å². The number of rotatable bonds is 13. The summed E-state index contributed by atoms with van der Waals surface area (Å²) in [6.45, 7) is 3.81. The maximum Gasteiger partial charge on any atom is 0.332 e. The van der Waals surface area contributed by atoms with Crippen LogP contribution in [0.15, 0.2) is 0 Å². The number of hydrogen-bond acceptors (Lipinski definition) is 13. The predicted octanol–water partition coefficient (Wildman–Crippen LogP) is -0.503. The second-order valence-corrected chi connectivity index (χ2v) is 13.7. The van der Waals surface area contributed by atoms with E-state index < -0.39 is 116 Å². The first-order valence-corrected chi connectivity index (χ1v) is 17.1. The van der Waals surface area contributed by atoms with Crippen LogP contribution >= 0.6 is 0 Å². The molecule has 0 aromatic heterocycles. The fraction of sp³-hybridized carbons (Fsp3) is 0.906. The van der Waals surface area contributed by atoms with Gasteiger partial charge in [0.1, 0.15) is 42.7 Å². The number of nitrogens with one attached hydrogen (secondary N) is 1. The normalized spacial score (nSPS) is 41.8. The first-order chi connectivity index (χ1) is 22.7. The van der Waals surface area contributed by atoms with Gasteiger partial charge in [0.15, 0.2) is 18.7 Å². The standard InChI is InChI=1S/C32H53NO15/c1-4-17-11-18(29(40)41)12-19(27(17)48-32-26(39)25(38)23(36)14(2)44-32)46-31-22(33-15(3)35)28(24(37)21(13-34)47-31)45-20(30(42)43)10-16-8-6-5-7-9-16/h14,16-28,31-32,34,36-39H,4-13H2,1-3H3,(H,33,35)(H,40,41)(H,42,43)/t14-,17+,18?,19+,20-,21-,22?,23?,24-,25-,26-,27?,28?,31+,32?/m0/s1. The summed E-state index contributed by atoms with van der Waals surface area (Å²) >= 11 is 0. The maximum atomic E-state index is 12.5. The number of carbonyl (C=O) groups excluding carboxylic acids is 1.